The summed E-state index contributed by atoms with van der Waals surface area (Å²) in [6, 6.07) is 1.77. The Kier molecular flexibility index (Phi) is 3.77. The topological polar surface area (TPSA) is 71.3 Å². The zero-order chi connectivity index (χ0) is 14.8. The zero-order valence-electron chi connectivity index (χ0n) is 10.5. The third kappa shape index (κ3) is 2.81. The quantitative estimate of drug-likeness (QED) is 0.900. The summed E-state index contributed by atoms with van der Waals surface area (Å²) in [4.78, 5) is 11.2. The lowest BCUT2D eigenvalue weighted by atomic mass is 10.2. The molecular weight excluding hydrogens is 275 g/mol. The fourth-order valence-electron chi connectivity index (χ4n) is 1.69. The van der Waals surface area contributed by atoms with Crippen LogP contribution in [0.2, 0.25) is 0 Å². The van der Waals surface area contributed by atoms with E-state index in [1.807, 2.05) is 0 Å². The van der Waals surface area contributed by atoms with E-state index in [9.17, 15) is 18.0 Å². The van der Waals surface area contributed by atoms with Gasteiger partial charge in [-0.15, -0.1) is 10.2 Å². The van der Waals surface area contributed by atoms with Gasteiger partial charge in [0.25, 0.3) is 0 Å². The molecule has 0 atom stereocenters. The number of aromatic nitrogens is 3. The van der Waals surface area contributed by atoms with E-state index in [-0.39, 0.29) is 18.0 Å². The first-order valence-electron chi connectivity index (χ1n) is 5.85. The van der Waals surface area contributed by atoms with Crippen LogP contribution in [-0.2, 0) is 12.7 Å². The van der Waals surface area contributed by atoms with Crippen molar-refractivity contribution in [2.75, 3.05) is 6.54 Å². The van der Waals surface area contributed by atoms with Crippen LogP contribution in [-0.4, -0.2) is 27.2 Å². The summed E-state index contributed by atoms with van der Waals surface area (Å²) in [5.74, 6) is 0.220. The Hall–Kier alpha value is -2.32. The summed E-state index contributed by atoms with van der Waals surface area (Å²) < 4.78 is 39.5. The maximum atomic E-state index is 12.8. The van der Waals surface area contributed by atoms with Gasteiger partial charge in [-0.1, -0.05) is 0 Å². The van der Waals surface area contributed by atoms with Gasteiger partial charge in [-0.05, 0) is 19.1 Å². The molecule has 2 aromatic heterocycles. The van der Waals surface area contributed by atoms with E-state index in [4.69, 9.17) is 0 Å². The number of amides is 2. The number of halogens is 3. The Morgan fingerprint density at radius 3 is 2.75 bits per heavy atom. The second-order valence-electron chi connectivity index (χ2n) is 3.94. The number of hydrogen-bond donors (Lipinski definition) is 2. The smallest absolute Gasteiger partial charge is 0.338 e. The van der Waals surface area contributed by atoms with Crippen molar-refractivity contribution in [3.63, 3.8) is 0 Å². The van der Waals surface area contributed by atoms with Gasteiger partial charge >= 0.3 is 12.2 Å². The first kappa shape index (κ1) is 14.1. The number of pyridine rings is 1. The van der Waals surface area contributed by atoms with Crippen LogP contribution in [0.5, 0.6) is 0 Å². The summed E-state index contributed by atoms with van der Waals surface area (Å²) in [6.45, 7) is 2.18. The molecule has 6 nitrogen and oxygen atoms in total. The van der Waals surface area contributed by atoms with Crippen LogP contribution < -0.4 is 10.6 Å². The maximum absolute atomic E-state index is 12.8. The maximum Gasteiger partial charge on any atom is 0.420 e. The van der Waals surface area contributed by atoms with E-state index in [0.29, 0.717) is 6.54 Å². The molecule has 0 aromatic carbocycles. The van der Waals surface area contributed by atoms with E-state index in [1.165, 1.54) is 16.7 Å². The van der Waals surface area contributed by atoms with E-state index in [0.717, 1.165) is 6.07 Å². The number of urea groups is 1. The molecule has 9 heteroatoms. The molecule has 0 aliphatic heterocycles. The molecule has 0 radical (unpaired) electrons. The fourth-order valence-corrected chi connectivity index (χ4v) is 1.69. The number of hydrogen-bond acceptors (Lipinski definition) is 3. The van der Waals surface area contributed by atoms with Gasteiger partial charge in [-0.25, -0.2) is 4.79 Å². The summed E-state index contributed by atoms with van der Waals surface area (Å²) in [5, 5.41) is 12.2. The molecule has 2 rings (SSSR count). The minimum atomic E-state index is -4.50. The number of fused-ring (bicyclic) bond motifs is 1. The predicted octanol–water partition coefficient (Wildman–Crippen LogP) is 1.57. The predicted molar refractivity (Wildman–Crippen MR) is 63.9 cm³/mol. The van der Waals surface area contributed by atoms with Gasteiger partial charge in [0, 0.05) is 12.7 Å². The second kappa shape index (κ2) is 5.35. The fraction of sp³-hybridized carbons (Fsp3) is 0.364. The normalized spacial score (nSPS) is 11.6. The first-order valence-corrected chi connectivity index (χ1v) is 5.85. The molecule has 0 aliphatic carbocycles. The third-order valence-corrected chi connectivity index (χ3v) is 2.56. The molecule has 0 fully saturated rings. The van der Waals surface area contributed by atoms with Gasteiger partial charge < -0.3 is 10.6 Å². The Labute approximate surface area is 112 Å². The van der Waals surface area contributed by atoms with Crippen LogP contribution in [0.3, 0.4) is 0 Å². The van der Waals surface area contributed by atoms with Gasteiger partial charge in [0.1, 0.15) is 5.56 Å². The standard InChI is InChI=1S/C11H12F3N5O/c1-2-15-10(20)16-6-8-17-18-9-7(11(12,13)14)4-3-5-19(8)9/h3-5H,2,6H2,1H3,(H2,15,16,20). The average Bonchev–Trinajstić information content (AvgIpc) is 2.78. The Balaban J connectivity index is 2.27. The van der Waals surface area contributed by atoms with Crippen molar-refractivity contribution in [1.82, 2.24) is 25.2 Å². The highest BCUT2D eigenvalue weighted by molar-refractivity contribution is 5.73. The van der Waals surface area contributed by atoms with Gasteiger partial charge in [0.2, 0.25) is 0 Å². The van der Waals surface area contributed by atoms with Crippen molar-refractivity contribution in [3.8, 4) is 0 Å². The molecular formula is C11H12F3N5O. The van der Waals surface area contributed by atoms with Crippen LogP contribution in [0.25, 0.3) is 5.65 Å². The summed E-state index contributed by atoms with van der Waals surface area (Å²) >= 11 is 0. The number of carbonyl (C=O) groups excluding carboxylic acids is 1. The monoisotopic (exact) mass is 287 g/mol. The van der Waals surface area contributed by atoms with Crippen molar-refractivity contribution in [1.29, 1.82) is 0 Å². The number of nitrogens with one attached hydrogen (secondary N) is 2. The molecule has 0 bridgehead atoms. The molecule has 108 valence electrons. The van der Waals surface area contributed by atoms with E-state index in [2.05, 4.69) is 20.8 Å². The van der Waals surface area contributed by atoms with Crippen LogP contribution >= 0.6 is 0 Å². The van der Waals surface area contributed by atoms with Crippen molar-refractivity contribution in [3.05, 3.63) is 29.7 Å². The lowest BCUT2D eigenvalue weighted by Gasteiger charge is -2.08. The number of carbonyl (C=O) groups is 1. The van der Waals surface area contributed by atoms with E-state index < -0.39 is 17.8 Å². The molecule has 0 saturated heterocycles. The minimum absolute atomic E-state index is 0.0195. The molecule has 2 aromatic rings. The number of rotatable bonds is 3. The average molecular weight is 287 g/mol. The van der Waals surface area contributed by atoms with Crippen molar-refractivity contribution < 1.29 is 18.0 Å². The highest BCUT2D eigenvalue weighted by Gasteiger charge is 2.34. The van der Waals surface area contributed by atoms with Crippen LogP contribution in [0, 0.1) is 0 Å². The van der Waals surface area contributed by atoms with E-state index >= 15 is 0 Å². The highest BCUT2D eigenvalue weighted by Crippen LogP contribution is 2.31. The Bertz CT molecular complexity index is 622. The number of nitrogens with zero attached hydrogens (tertiary/aromatic N) is 3. The zero-order valence-corrected chi connectivity index (χ0v) is 10.5. The van der Waals surface area contributed by atoms with Crippen molar-refractivity contribution >= 4 is 11.7 Å². The van der Waals surface area contributed by atoms with Crippen molar-refractivity contribution in [2.24, 2.45) is 0 Å². The molecule has 2 heterocycles. The summed E-state index contributed by atoms with van der Waals surface area (Å²) in [6.07, 6.45) is -3.08. The van der Waals surface area contributed by atoms with Gasteiger partial charge in [0.05, 0.1) is 6.54 Å². The summed E-state index contributed by atoms with van der Waals surface area (Å²) in [5.41, 5.74) is -1.15. The Morgan fingerprint density at radius 2 is 2.10 bits per heavy atom. The molecule has 0 unspecified atom stereocenters. The minimum Gasteiger partial charge on any atom is -0.338 e. The van der Waals surface area contributed by atoms with Crippen LogP contribution in [0.1, 0.15) is 18.3 Å². The molecule has 0 spiro atoms. The first-order chi connectivity index (χ1) is 9.43. The molecule has 0 aliphatic rings. The van der Waals surface area contributed by atoms with Crippen molar-refractivity contribution in [2.45, 2.75) is 19.6 Å². The SMILES string of the molecule is CCNC(=O)NCc1nnc2c(C(F)(F)F)cccn12. The van der Waals surface area contributed by atoms with Gasteiger partial charge in [-0.3, -0.25) is 4.40 Å². The van der Waals surface area contributed by atoms with E-state index in [1.54, 1.807) is 6.92 Å². The Morgan fingerprint density at radius 1 is 1.35 bits per heavy atom. The lowest BCUT2D eigenvalue weighted by molar-refractivity contribution is -0.136. The molecule has 0 saturated carbocycles. The number of alkyl halides is 3. The van der Waals surface area contributed by atoms with Gasteiger partial charge in [-0.2, -0.15) is 13.2 Å². The summed E-state index contributed by atoms with van der Waals surface area (Å²) in [7, 11) is 0. The molecule has 2 N–H and O–H groups in total. The second-order valence-corrected chi connectivity index (χ2v) is 3.94. The van der Waals surface area contributed by atoms with Crippen LogP contribution in [0.15, 0.2) is 18.3 Å². The van der Waals surface area contributed by atoms with Crippen LogP contribution in [0.4, 0.5) is 18.0 Å². The molecule has 2 amide bonds. The third-order valence-electron chi connectivity index (χ3n) is 2.56. The largest absolute Gasteiger partial charge is 0.420 e. The van der Waals surface area contributed by atoms with Gasteiger partial charge in [0.15, 0.2) is 11.5 Å². The lowest BCUT2D eigenvalue weighted by Crippen LogP contribution is -2.35. The highest BCUT2D eigenvalue weighted by atomic mass is 19.4. The molecule has 20 heavy (non-hydrogen) atoms.